The van der Waals surface area contributed by atoms with Gasteiger partial charge in [0.25, 0.3) is 0 Å². The van der Waals surface area contributed by atoms with Gasteiger partial charge in [-0.15, -0.1) is 0 Å². The van der Waals surface area contributed by atoms with Gasteiger partial charge in [-0.1, -0.05) is 38.1 Å². The number of piperazine rings is 1. The summed E-state index contributed by atoms with van der Waals surface area (Å²) in [5.74, 6) is 0.713. The SMILES string of the molecule is CC(C)c1ccc(CCC(=O)NCCN2CCNCC2)cc1. The van der Waals surface area contributed by atoms with E-state index in [0.29, 0.717) is 12.3 Å². The number of benzene rings is 1. The van der Waals surface area contributed by atoms with E-state index in [2.05, 4.69) is 53.6 Å². The van der Waals surface area contributed by atoms with Crippen LogP contribution in [-0.2, 0) is 11.2 Å². The molecule has 22 heavy (non-hydrogen) atoms. The lowest BCUT2D eigenvalue weighted by molar-refractivity contribution is -0.121. The molecule has 0 radical (unpaired) electrons. The first kappa shape index (κ1) is 17.0. The summed E-state index contributed by atoms with van der Waals surface area (Å²) < 4.78 is 0. The molecule has 1 saturated heterocycles. The number of amides is 1. The zero-order valence-corrected chi connectivity index (χ0v) is 13.9. The Kier molecular flexibility index (Phi) is 6.87. The number of hydrogen-bond acceptors (Lipinski definition) is 3. The molecule has 1 aliphatic rings. The van der Waals surface area contributed by atoms with Crippen molar-refractivity contribution >= 4 is 5.91 Å². The highest BCUT2D eigenvalue weighted by atomic mass is 16.1. The molecule has 2 N–H and O–H groups in total. The molecule has 0 aliphatic carbocycles. The third-order valence-electron chi connectivity index (χ3n) is 4.25. The van der Waals surface area contributed by atoms with Gasteiger partial charge in [0.2, 0.25) is 5.91 Å². The second-order valence-corrected chi connectivity index (χ2v) is 6.34. The summed E-state index contributed by atoms with van der Waals surface area (Å²) in [5.41, 5.74) is 2.59. The zero-order valence-electron chi connectivity index (χ0n) is 13.9. The Morgan fingerprint density at radius 3 is 2.55 bits per heavy atom. The smallest absolute Gasteiger partial charge is 0.220 e. The summed E-state index contributed by atoms with van der Waals surface area (Å²) in [6.07, 6.45) is 1.39. The molecule has 4 nitrogen and oxygen atoms in total. The lowest BCUT2D eigenvalue weighted by Gasteiger charge is -2.27. The van der Waals surface area contributed by atoms with Crippen LogP contribution in [0.3, 0.4) is 0 Å². The average Bonchev–Trinajstić information content (AvgIpc) is 2.54. The fourth-order valence-electron chi connectivity index (χ4n) is 2.70. The first-order chi connectivity index (χ1) is 10.6. The third kappa shape index (κ3) is 5.78. The van der Waals surface area contributed by atoms with Gasteiger partial charge in [0.15, 0.2) is 0 Å². The van der Waals surface area contributed by atoms with Gasteiger partial charge >= 0.3 is 0 Å². The molecule has 0 spiro atoms. The van der Waals surface area contributed by atoms with Gasteiger partial charge in [0.1, 0.15) is 0 Å². The molecular formula is C18H29N3O. The number of aryl methyl sites for hydroxylation is 1. The predicted octanol–water partition coefficient (Wildman–Crippen LogP) is 1.76. The molecule has 1 amide bonds. The highest BCUT2D eigenvalue weighted by Gasteiger charge is 2.09. The number of nitrogens with one attached hydrogen (secondary N) is 2. The Morgan fingerprint density at radius 2 is 1.91 bits per heavy atom. The van der Waals surface area contributed by atoms with Crippen LogP contribution >= 0.6 is 0 Å². The van der Waals surface area contributed by atoms with Crippen LogP contribution in [-0.4, -0.2) is 50.1 Å². The molecule has 0 bridgehead atoms. The maximum absolute atomic E-state index is 11.9. The van der Waals surface area contributed by atoms with E-state index in [-0.39, 0.29) is 5.91 Å². The largest absolute Gasteiger partial charge is 0.355 e. The maximum Gasteiger partial charge on any atom is 0.220 e. The monoisotopic (exact) mass is 303 g/mol. The Morgan fingerprint density at radius 1 is 1.23 bits per heavy atom. The van der Waals surface area contributed by atoms with Crippen molar-refractivity contribution in [2.24, 2.45) is 0 Å². The van der Waals surface area contributed by atoms with Crippen molar-refractivity contribution in [3.05, 3.63) is 35.4 Å². The van der Waals surface area contributed by atoms with Crippen LogP contribution in [0.2, 0.25) is 0 Å². The Labute approximate surface area is 134 Å². The molecule has 1 heterocycles. The van der Waals surface area contributed by atoms with E-state index in [1.54, 1.807) is 0 Å². The summed E-state index contributed by atoms with van der Waals surface area (Å²) in [6, 6.07) is 8.62. The van der Waals surface area contributed by atoms with E-state index in [4.69, 9.17) is 0 Å². The molecule has 0 saturated carbocycles. The van der Waals surface area contributed by atoms with Gasteiger partial charge in [-0.05, 0) is 23.5 Å². The lowest BCUT2D eigenvalue weighted by atomic mass is 10.0. The van der Waals surface area contributed by atoms with Gasteiger partial charge in [0.05, 0.1) is 0 Å². The number of carbonyl (C=O) groups is 1. The minimum Gasteiger partial charge on any atom is -0.355 e. The van der Waals surface area contributed by atoms with E-state index in [1.807, 2.05) is 0 Å². The molecule has 2 rings (SSSR count). The fraction of sp³-hybridized carbons (Fsp3) is 0.611. The van der Waals surface area contributed by atoms with Crippen LogP contribution in [0.4, 0.5) is 0 Å². The van der Waals surface area contributed by atoms with Gasteiger partial charge in [-0.2, -0.15) is 0 Å². The van der Waals surface area contributed by atoms with Crippen LogP contribution in [0.5, 0.6) is 0 Å². The van der Waals surface area contributed by atoms with Crippen molar-refractivity contribution < 1.29 is 4.79 Å². The van der Waals surface area contributed by atoms with Crippen molar-refractivity contribution in [3.8, 4) is 0 Å². The quantitative estimate of drug-likeness (QED) is 0.807. The van der Waals surface area contributed by atoms with E-state index in [1.165, 1.54) is 11.1 Å². The third-order valence-corrected chi connectivity index (χ3v) is 4.25. The second kappa shape index (κ2) is 8.91. The molecule has 4 heteroatoms. The summed E-state index contributed by atoms with van der Waals surface area (Å²) in [7, 11) is 0. The van der Waals surface area contributed by atoms with Crippen molar-refractivity contribution in [1.29, 1.82) is 0 Å². The molecule has 1 aliphatic heterocycles. The van der Waals surface area contributed by atoms with E-state index < -0.39 is 0 Å². The van der Waals surface area contributed by atoms with Crippen LogP contribution in [0.25, 0.3) is 0 Å². The summed E-state index contributed by atoms with van der Waals surface area (Å²) in [5, 5.41) is 6.36. The van der Waals surface area contributed by atoms with Crippen molar-refractivity contribution in [3.63, 3.8) is 0 Å². The number of carbonyl (C=O) groups excluding carboxylic acids is 1. The Bertz CT molecular complexity index is 450. The normalized spacial score (nSPS) is 16.0. The molecule has 1 aromatic rings. The molecule has 0 unspecified atom stereocenters. The number of nitrogens with zero attached hydrogens (tertiary/aromatic N) is 1. The fourth-order valence-corrected chi connectivity index (χ4v) is 2.70. The first-order valence-corrected chi connectivity index (χ1v) is 8.44. The van der Waals surface area contributed by atoms with Crippen LogP contribution < -0.4 is 10.6 Å². The summed E-state index contributed by atoms with van der Waals surface area (Å²) in [4.78, 5) is 14.3. The van der Waals surface area contributed by atoms with Crippen LogP contribution in [0.15, 0.2) is 24.3 Å². The first-order valence-electron chi connectivity index (χ1n) is 8.44. The topological polar surface area (TPSA) is 44.4 Å². The number of rotatable bonds is 7. The van der Waals surface area contributed by atoms with Gasteiger partial charge in [0, 0.05) is 45.7 Å². The highest BCUT2D eigenvalue weighted by Crippen LogP contribution is 2.15. The van der Waals surface area contributed by atoms with E-state index >= 15 is 0 Å². The van der Waals surface area contributed by atoms with Gasteiger partial charge in [-0.25, -0.2) is 0 Å². The lowest BCUT2D eigenvalue weighted by Crippen LogP contribution is -2.46. The van der Waals surface area contributed by atoms with Gasteiger partial charge < -0.3 is 10.6 Å². The molecule has 122 valence electrons. The zero-order chi connectivity index (χ0) is 15.8. The molecule has 0 aromatic heterocycles. The van der Waals surface area contributed by atoms with Crippen LogP contribution in [0, 0.1) is 0 Å². The van der Waals surface area contributed by atoms with Crippen LogP contribution in [0.1, 0.15) is 37.3 Å². The predicted molar refractivity (Wildman–Crippen MR) is 91.2 cm³/mol. The number of hydrogen-bond donors (Lipinski definition) is 2. The van der Waals surface area contributed by atoms with Crippen molar-refractivity contribution in [1.82, 2.24) is 15.5 Å². The van der Waals surface area contributed by atoms with E-state index in [0.717, 1.165) is 45.7 Å². The van der Waals surface area contributed by atoms with Crippen molar-refractivity contribution in [2.45, 2.75) is 32.6 Å². The molecule has 1 fully saturated rings. The summed E-state index contributed by atoms with van der Waals surface area (Å²) >= 11 is 0. The van der Waals surface area contributed by atoms with Gasteiger partial charge in [-0.3, -0.25) is 9.69 Å². The molecule has 1 aromatic carbocycles. The Balaban J connectivity index is 1.62. The Hall–Kier alpha value is -1.39. The minimum atomic E-state index is 0.156. The molecule has 0 atom stereocenters. The molecular weight excluding hydrogens is 274 g/mol. The second-order valence-electron chi connectivity index (χ2n) is 6.34. The standard InChI is InChI=1S/C18H29N3O/c1-15(2)17-6-3-16(4-7-17)5-8-18(22)20-11-14-21-12-9-19-10-13-21/h3-4,6-7,15,19H,5,8-14H2,1-2H3,(H,20,22). The minimum absolute atomic E-state index is 0.156. The van der Waals surface area contributed by atoms with Crippen molar-refractivity contribution in [2.75, 3.05) is 39.3 Å². The highest BCUT2D eigenvalue weighted by molar-refractivity contribution is 5.76. The van der Waals surface area contributed by atoms with E-state index in [9.17, 15) is 4.79 Å². The summed E-state index contributed by atoms with van der Waals surface area (Å²) in [6.45, 7) is 10.4. The average molecular weight is 303 g/mol. The maximum atomic E-state index is 11.9.